The zero-order chi connectivity index (χ0) is 26.5. The molecule has 7 nitrogen and oxygen atoms in total. The molecule has 0 radical (unpaired) electrons. The summed E-state index contributed by atoms with van der Waals surface area (Å²) in [6, 6.07) is 4.40. The zero-order valence-corrected chi connectivity index (χ0v) is 23.5. The van der Waals surface area contributed by atoms with Gasteiger partial charge in [-0.15, -0.1) is 0 Å². The first-order chi connectivity index (χ1) is 17.8. The van der Waals surface area contributed by atoms with Crippen molar-refractivity contribution in [2.45, 2.75) is 111 Å². The van der Waals surface area contributed by atoms with E-state index in [4.69, 9.17) is 4.98 Å². The first-order valence-corrected chi connectivity index (χ1v) is 14.3. The summed E-state index contributed by atoms with van der Waals surface area (Å²) in [6.45, 7) is 13.1. The van der Waals surface area contributed by atoms with Gasteiger partial charge in [0, 0.05) is 25.7 Å². The Morgan fingerprint density at radius 3 is 2.32 bits per heavy atom. The Morgan fingerprint density at radius 2 is 1.78 bits per heavy atom. The summed E-state index contributed by atoms with van der Waals surface area (Å²) in [6.07, 6.45) is 13.0. The number of pyridine rings is 1. The number of ketones is 1. The highest BCUT2D eigenvalue weighted by Crippen LogP contribution is 2.33. The summed E-state index contributed by atoms with van der Waals surface area (Å²) in [5, 5.41) is 3.57. The van der Waals surface area contributed by atoms with Crippen LogP contribution in [0.4, 0.5) is 5.82 Å². The number of anilines is 1. The summed E-state index contributed by atoms with van der Waals surface area (Å²) in [5.74, 6) is 3.54. The molecular weight excluding hydrogens is 460 g/mol. The van der Waals surface area contributed by atoms with Gasteiger partial charge in [-0.3, -0.25) is 9.78 Å². The van der Waals surface area contributed by atoms with E-state index in [1.54, 1.807) is 0 Å². The summed E-state index contributed by atoms with van der Waals surface area (Å²) < 4.78 is 2.10. The Labute approximate surface area is 221 Å². The maximum atomic E-state index is 12.1. The van der Waals surface area contributed by atoms with Crippen LogP contribution in [0.1, 0.15) is 115 Å². The lowest BCUT2D eigenvalue weighted by Crippen LogP contribution is -2.31. The lowest BCUT2D eigenvalue weighted by Gasteiger charge is -2.32. The molecule has 2 aliphatic carbocycles. The van der Waals surface area contributed by atoms with Crippen molar-refractivity contribution in [1.29, 1.82) is 0 Å². The van der Waals surface area contributed by atoms with Gasteiger partial charge in [0.15, 0.2) is 28.9 Å². The number of imidazole rings is 1. The normalized spacial score (nSPS) is 17.3. The van der Waals surface area contributed by atoms with Crippen LogP contribution in [-0.2, 0) is 6.54 Å². The minimum absolute atomic E-state index is 0.163. The second-order valence-corrected chi connectivity index (χ2v) is 11.3. The fraction of sp³-hybridized carbons (Fsp3) is 0.633. The molecule has 200 valence electrons. The van der Waals surface area contributed by atoms with E-state index in [0.29, 0.717) is 29.8 Å². The third-order valence-corrected chi connectivity index (χ3v) is 8.03. The van der Waals surface area contributed by atoms with Crippen LogP contribution in [0.3, 0.4) is 0 Å². The van der Waals surface area contributed by atoms with E-state index in [-0.39, 0.29) is 17.6 Å². The van der Waals surface area contributed by atoms with Gasteiger partial charge in [0.25, 0.3) is 0 Å². The molecule has 2 aliphatic rings. The predicted molar refractivity (Wildman–Crippen MR) is 151 cm³/mol. The highest BCUT2D eigenvalue weighted by atomic mass is 16.1. The minimum Gasteiger partial charge on any atom is -0.365 e. The van der Waals surface area contributed by atoms with Crippen molar-refractivity contribution < 1.29 is 4.79 Å². The van der Waals surface area contributed by atoms with Crippen molar-refractivity contribution in [3.63, 3.8) is 0 Å². The van der Waals surface area contributed by atoms with E-state index in [2.05, 4.69) is 65.5 Å². The number of rotatable bonds is 7. The first kappa shape index (κ1) is 27.2. The maximum Gasteiger partial charge on any atom is 0.199 e. The van der Waals surface area contributed by atoms with Crippen LogP contribution in [0.15, 0.2) is 18.3 Å². The minimum atomic E-state index is -0.163. The predicted octanol–water partition coefficient (Wildman–Crippen LogP) is 7.42. The van der Waals surface area contributed by atoms with Gasteiger partial charge in [0.1, 0.15) is 11.2 Å². The van der Waals surface area contributed by atoms with Crippen molar-refractivity contribution in [3.05, 3.63) is 29.7 Å². The van der Waals surface area contributed by atoms with Crippen LogP contribution in [0, 0.1) is 11.8 Å². The fourth-order valence-electron chi connectivity index (χ4n) is 5.31. The molecule has 3 aromatic heterocycles. The number of fused-ring (bicyclic) bond motifs is 1. The third-order valence-electron chi connectivity index (χ3n) is 8.03. The molecule has 0 aliphatic heterocycles. The molecule has 0 spiro atoms. The molecule has 0 unspecified atom stereocenters. The molecule has 0 aromatic carbocycles. The Bertz CT molecular complexity index is 1210. The lowest BCUT2D eigenvalue weighted by molar-refractivity contribution is 0.100. The Morgan fingerprint density at radius 1 is 1.05 bits per heavy atom. The zero-order valence-electron chi connectivity index (χ0n) is 23.5. The van der Waals surface area contributed by atoms with Crippen molar-refractivity contribution in [1.82, 2.24) is 24.5 Å². The Hall–Kier alpha value is -2.83. The Kier molecular flexibility index (Phi) is 8.93. The van der Waals surface area contributed by atoms with Crippen LogP contribution in [0.2, 0.25) is 0 Å². The first-order valence-electron chi connectivity index (χ1n) is 14.3. The summed E-state index contributed by atoms with van der Waals surface area (Å²) in [5.41, 5.74) is 3.39. The van der Waals surface area contributed by atoms with E-state index in [0.717, 1.165) is 23.0 Å². The summed E-state index contributed by atoms with van der Waals surface area (Å²) >= 11 is 0. The average Bonchev–Trinajstić information content (AvgIpc) is 3.23. The highest BCUT2D eigenvalue weighted by Gasteiger charge is 2.27. The van der Waals surface area contributed by atoms with Gasteiger partial charge in [0.2, 0.25) is 0 Å². The number of hydrogen-bond acceptors (Lipinski definition) is 6. The second kappa shape index (κ2) is 12.1. The number of hydrogen-bond donors (Lipinski definition) is 1. The fourth-order valence-corrected chi connectivity index (χ4v) is 5.31. The number of nitrogens with zero attached hydrogens (tertiary/aromatic N) is 5. The van der Waals surface area contributed by atoms with Gasteiger partial charge >= 0.3 is 0 Å². The standard InChI is InChI=1S/C23H30N6O.C7H14/c1-6-29-19-21(25-14(4)16-8-7-9-16)26-20(15(5)30)27-22(19)28-23(29)18-12-17(13(2)3)10-11-24-18;1-7-5-3-2-4-6-7/h10-14,16H,6-9H2,1-5H3,(H,25,26,27);7H,2-6H2,1H3/t14-;/m1./s1. The van der Waals surface area contributed by atoms with Crippen molar-refractivity contribution >= 4 is 22.8 Å². The van der Waals surface area contributed by atoms with Crippen LogP contribution < -0.4 is 5.32 Å². The number of aromatic nitrogens is 5. The van der Waals surface area contributed by atoms with Crippen molar-refractivity contribution in [2.24, 2.45) is 11.8 Å². The van der Waals surface area contributed by atoms with Crippen molar-refractivity contribution in [2.75, 3.05) is 5.32 Å². The monoisotopic (exact) mass is 504 g/mol. The molecule has 2 fully saturated rings. The van der Waals surface area contributed by atoms with Gasteiger partial charge in [-0.05, 0) is 62.1 Å². The number of carbonyl (C=O) groups is 1. The van der Waals surface area contributed by atoms with Crippen LogP contribution >= 0.6 is 0 Å². The van der Waals surface area contributed by atoms with Gasteiger partial charge < -0.3 is 9.88 Å². The molecule has 3 aromatic rings. The largest absolute Gasteiger partial charge is 0.365 e. The summed E-state index contributed by atoms with van der Waals surface area (Å²) in [4.78, 5) is 30.5. The van der Waals surface area contributed by atoms with E-state index in [9.17, 15) is 4.79 Å². The van der Waals surface area contributed by atoms with Gasteiger partial charge in [-0.2, -0.15) is 0 Å². The van der Waals surface area contributed by atoms with Crippen LogP contribution in [0.25, 0.3) is 22.7 Å². The molecule has 37 heavy (non-hydrogen) atoms. The molecule has 3 heterocycles. The molecule has 0 bridgehead atoms. The lowest BCUT2D eigenvalue weighted by atomic mass is 9.80. The summed E-state index contributed by atoms with van der Waals surface area (Å²) in [7, 11) is 0. The molecule has 2 saturated carbocycles. The number of carbonyl (C=O) groups excluding carboxylic acids is 1. The second-order valence-electron chi connectivity index (χ2n) is 11.3. The SMILES string of the molecule is CC1CCCCC1.CCn1c(-c2cc(C(C)C)ccn2)nc2nc(C(C)=O)nc(N[C@H](C)C3CCC3)c21. The molecular formula is C30H44N6O. The highest BCUT2D eigenvalue weighted by molar-refractivity contribution is 5.95. The molecule has 1 atom stereocenters. The van der Waals surface area contributed by atoms with E-state index in [1.165, 1.54) is 63.9 Å². The quantitative estimate of drug-likeness (QED) is 0.337. The van der Waals surface area contributed by atoms with Gasteiger partial charge in [-0.1, -0.05) is 59.3 Å². The molecule has 0 amide bonds. The van der Waals surface area contributed by atoms with E-state index >= 15 is 0 Å². The molecule has 5 rings (SSSR count). The molecule has 1 N–H and O–H groups in total. The van der Waals surface area contributed by atoms with Gasteiger partial charge in [-0.25, -0.2) is 15.0 Å². The maximum absolute atomic E-state index is 12.1. The third kappa shape index (κ3) is 6.36. The number of Topliss-reactive ketones (excluding diaryl/α,β-unsaturated/α-hetero) is 1. The molecule has 0 saturated heterocycles. The van der Waals surface area contributed by atoms with E-state index < -0.39 is 0 Å². The van der Waals surface area contributed by atoms with Crippen LogP contribution in [-0.4, -0.2) is 36.3 Å². The van der Waals surface area contributed by atoms with Gasteiger partial charge in [0.05, 0.1) is 0 Å². The number of aryl methyl sites for hydroxylation is 1. The van der Waals surface area contributed by atoms with Crippen molar-refractivity contribution in [3.8, 4) is 11.5 Å². The number of nitrogens with one attached hydrogen (secondary N) is 1. The average molecular weight is 505 g/mol. The smallest absolute Gasteiger partial charge is 0.199 e. The topological polar surface area (TPSA) is 85.6 Å². The van der Waals surface area contributed by atoms with Crippen LogP contribution in [0.5, 0.6) is 0 Å². The van der Waals surface area contributed by atoms with E-state index in [1.807, 2.05) is 12.3 Å². The molecule has 7 heteroatoms. The Balaban J connectivity index is 0.000000396.